The van der Waals surface area contributed by atoms with Crippen molar-refractivity contribution in [2.75, 3.05) is 13.7 Å². The number of methoxy groups -OCH3 is 1. The third-order valence-corrected chi connectivity index (χ3v) is 11.4. The molecule has 0 bridgehead atoms. The Labute approximate surface area is 223 Å². The SMILES string of the molecule is COC(=O)C1OC(OC2CCC3(C)C(CCC4C5CCC(C(O)CO)C5(C)CC(=O)C43)C2)C(O)C(O)C1O. The van der Waals surface area contributed by atoms with E-state index >= 15 is 0 Å². The monoisotopic (exact) mass is 540 g/mol. The molecule has 14 unspecified atom stereocenters. The van der Waals surface area contributed by atoms with E-state index in [1.54, 1.807) is 0 Å². The Morgan fingerprint density at radius 3 is 2.47 bits per heavy atom. The highest BCUT2D eigenvalue weighted by Crippen LogP contribution is 2.67. The predicted octanol–water partition coefficient (Wildman–Crippen LogP) is 0.543. The topological polar surface area (TPSA) is 163 Å². The molecule has 0 aromatic rings. The second-order valence-electron chi connectivity index (χ2n) is 13.1. The van der Waals surface area contributed by atoms with Gasteiger partial charge in [0.25, 0.3) is 0 Å². The molecule has 5 rings (SSSR count). The first-order valence-electron chi connectivity index (χ1n) is 14.2. The molecule has 10 nitrogen and oxygen atoms in total. The standard InChI is InChI=1S/C28H44O10/c1-27-9-8-14(37-26-23(34)21(32)22(33)24(38-26)25(35)36-3)10-13(27)4-5-15-16-6-7-17(19(31)12-29)28(16,2)11-18(30)20(15)27/h13-17,19-24,26,29,31-34H,4-12H2,1-3H3. The van der Waals surface area contributed by atoms with Gasteiger partial charge < -0.3 is 39.7 Å². The van der Waals surface area contributed by atoms with E-state index < -0.39 is 42.8 Å². The molecule has 38 heavy (non-hydrogen) atoms. The van der Waals surface area contributed by atoms with Crippen LogP contribution >= 0.6 is 0 Å². The van der Waals surface area contributed by atoms with Gasteiger partial charge in [-0.05, 0) is 79.4 Å². The Kier molecular flexibility index (Phi) is 7.74. The van der Waals surface area contributed by atoms with Crippen LogP contribution < -0.4 is 0 Å². The van der Waals surface area contributed by atoms with Crippen LogP contribution in [0.15, 0.2) is 0 Å². The smallest absolute Gasteiger partial charge is 0.337 e. The van der Waals surface area contributed by atoms with Crippen molar-refractivity contribution in [3.05, 3.63) is 0 Å². The molecule has 5 fully saturated rings. The van der Waals surface area contributed by atoms with Gasteiger partial charge in [-0.2, -0.15) is 0 Å². The Balaban J connectivity index is 1.29. The number of ketones is 1. The molecule has 5 N–H and O–H groups in total. The number of esters is 1. The first kappa shape index (κ1) is 28.4. The number of hydrogen-bond acceptors (Lipinski definition) is 10. The largest absolute Gasteiger partial charge is 0.467 e. The number of rotatable bonds is 5. The van der Waals surface area contributed by atoms with Gasteiger partial charge in [-0.1, -0.05) is 13.8 Å². The summed E-state index contributed by atoms with van der Waals surface area (Å²) < 4.78 is 16.3. The van der Waals surface area contributed by atoms with Crippen LogP contribution in [0.3, 0.4) is 0 Å². The summed E-state index contributed by atoms with van der Waals surface area (Å²) in [7, 11) is 1.15. The number of fused-ring (bicyclic) bond motifs is 5. The summed E-state index contributed by atoms with van der Waals surface area (Å²) in [6, 6.07) is 0. The quantitative estimate of drug-likeness (QED) is 0.246. The van der Waals surface area contributed by atoms with Crippen LogP contribution in [0.4, 0.5) is 0 Å². The molecule has 0 spiro atoms. The van der Waals surface area contributed by atoms with Crippen molar-refractivity contribution in [2.24, 2.45) is 40.4 Å². The molecule has 1 saturated heterocycles. The van der Waals surface area contributed by atoms with Gasteiger partial charge in [0.05, 0.1) is 25.9 Å². The molecule has 1 aliphatic heterocycles. The van der Waals surface area contributed by atoms with Gasteiger partial charge >= 0.3 is 5.97 Å². The van der Waals surface area contributed by atoms with E-state index in [-0.39, 0.29) is 53.0 Å². The fourth-order valence-electron chi connectivity index (χ4n) is 9.41. The summed E-state index contributed by atoms with van der Waals surface area (Å²) in [4.78, 5) is 25.8. The maximum absolute atomic E-state index is 13.8. The van der Waals surface area contributed by atoms with E-state index in [9.17, 15) is 35.1 Å². The van der Waals surface area contributed by atoms with Crippen LogP contribution in [0, 0.1) is 40.4 Å². The van der Waals surface area contributed by atoms with Gasteiger partial charge in [0.2, 0.25) is 0 Å². The number of Topliss-reactive ketones (excluding diaryl/α,β-unsaturated/α-hetero) is 1. The number of hydrogen-bond donors (Lipinski definition) is 5. The zero-order valence-corrected chi connectivity index (χ0v) is 22.6. The Hall–Kier alpha value is -1.14. The van der Waals surface area contributed by atoms with Crippen molar-refractivity contribution in [1.82, 2.24) is 0 Å². The molecule has 216 valence electrons. The summed E-state index contributed by atoms with van der Waals surface area (Å²) in [5, 5.41) is 51.0. The van der Waals surface area contributed by atoms with Crippen molar-refractivity contribution >= 4 is 11.8 Å². The van der Waals surface area contributed by atoms with E-state index in [0.717, 1.165) is 39.2 Å². The van der Waals surface area contributed by atoms with Crippen LogP contribution in [0.1, 0.15) is 65.2 Å². The summed E-state index contributed by atoms with van der Waals surface area (Å²) in [6.45, 7) is 4.11. The Morgan fingerprint density at radius 2 is 1.79 bits per heavy atom. The van der Waals surface area contributed by atoms with Crippen LogP contribution in [-0.4, -0.2) is 93.9 Å². The fourth-order valence-corrected chi connectivity index (χ4v) is 9.41. The van der Waals surface area contributed by atoms with Crippen molar-refractivity contribution in [3.8, 4) is 0 Å². The van der Waals surface area contributed by atoms with Crippen LogP contribution in [0.2, 0.25) is 0 Å². The van der Waals surface area contributed by atoms with Gasteiger partial charge in [0, 0.05) is 12.3 Å². The normalized spacial score (nSPS) is 51.5. The van der Waals surface area contributed by atoms with Crippen LogP contribution in [0.5, 0.6) is 0 Å². The third kappa shape index (κ3) is 4.35. The van der Waals surface area contributed by atoms with Crippen molar-refractivity contribution in [3.63, 3.8) is 0 Å². The number of carbonyl (C=O) groups excluding carboxylic acids is 2. The highest BCUT2D eigenvalue weighted by molar-refractivity contribution is 5.84. The van der Waals surface area contributed by atoms with E-state index in [2.05, 4.69) is 18.6 Å². The lowest BCUT2D eigenvalue weighted by Crippen LogP contribution is -2.61. The van der Waals surface area contributed by atoms with Crippen LogP contribution in [-0.2, 0) is 23.8 Å². The zero-order chi connectivity index (χ0) is 27.6. The van der Waals surface area contributed by atoms with E-state index in [4.69, 9.17) is 9.47 Å². The van der Waals surface area contributed by atoms with Crippen molar-refractivity contribution in [1.29, 1.82) is 0 Å². The minimum Gasteiger partial charge on any atom is -0.467 e. The molecule has 4 saturated carbocycles. The molecular weight excluding hydrogens is 496 g/mol. The van der Waals surface area contributed by atoms with Gasteiger partial charge in [-0.3, -0.25) is 4.79 Å². The first-order valence-corrected chi connectivity index (χ1v) is 14.2. The van der Waals surface area contributed by atoms with Gasteiger partial charge in [-0.25, -0.2) is 4.79 Å². The molecule has 4 aliphatic carbocycles. The maximum atomic E-state index is 13.8. The average Bonchev–Trinajstić information content (AvgIpc) is 3.24. The summed E-state index contributed by atoms with van der Waals surface area (Å²) in [5.74, 6) is 0.207. The lowest BCUT2D eigenvalue weighted by Gasteiger charge is -2.60. The predicted molar refractivity (Wildman–Crippen MR) is 132 cm³/mol. The Morgan fingerprint density at radius 1 is 1.05 bits per heavy atom. The summed E-state index contributed by atoms with van der Waals surface area (Å²) in [5.41, 5.74) is -0.453. The summed E-state index contributed by atoms with van der Waals surface area (Å²) in [6.07, 6.45) is -2.33. The minimum atomic E-state index is -1.63. The number of carbonyl (C=O) groups is 2. The van der Waals surface area contributed by atoms with Gasteiger partial charge in [0.15, 0.2) is 12.4 Å². The van der Waals surface area contributed by atoms with Crippen molar-refractivity contribution in [2.45, 2.75) is 108 Å². The highest BCUT2D eigenvalue weighted by Gasteiger charge is 2.64. The second kappa shape index (κ2) is 10.4. The van der Waals surface area contributed by atoms with Gasteiger partial charge in [-0.15, -0.1) is 0 Å². The molecule has 0 aromatic carbocycles. The molecular formula is C28H44O10. The number of aliphatic hydroxyl groups excluding tert-OH is 5. The first-order chi connectivity index (χ1) is 18.0. The lowest BCUT2D eigenvalue weighted by atomic mass is 9.44. The average molecular weight is 541 g/mol. The molecule has 10 heteroatoms. The minimum absolute atomic E-state index is 0.0394. The third-order valence-electron chi connectivity index (χ3n) is 11.4. The van der Waals surface area contributed by atoms with E-state index in [0.29, 0.717) is 25.2 Å². The lowest BCUT2D eigenvalue weighted by molar-refractivity contribution is -0.309. The van der Waals surface area contributed by atoms with Crippen LogP contribution in [0.25, 0.3) is 0 Å². The second-order valence-corrected chi connectivity index (χ2v) is 13.1. The van der Waals surface area contributed by atoms with E-state index in [1.165, 1.54) is 0 Å². The molecule has 14 atom stereocenters. The molecule has 0 amide bonds. The van der Waals surface area contributed by atoms with E-state index in [1.807, 2.05) is 0 Å². The molecule has 5 aliphatic rings. The highest BCUT2D eigenvalue weighted by atomic mass is 16.7. The number of aliphatic hydroxyl groups is 5. The molecule has 0 radical (unpaired) electrons. The van der Waals surface area contributed by atoms with Gasteiger partial charge in [0.1, 0.15) is 24.1 Å². The summed E-state index contributed by atoms with van der Waals surface area (Å²) >= 11 is 0. The van der Waals surface area contributed by atoms with Crippen molar-refractivity contribution < 1.29 is 49.3 Å². The number of ether oxygens (including phenoxy) is 3. The zero-order valence-electron chi connectivity index (χ0n) is 22.6. The maximum Gasteiger partial charge on any atom is 0.337 e. The molecule has 1 heterocycles. The fraction of sp³-hybridized carbons (Fsp3) is 0.929. The molecule has 0 aromatic heterocycles. The Bertz CT molecular complexity index is 912.